The molecule has 0 nitrogen and oxygen atoms in total. The van der Waals surface area contributed by atoms with E-state index in [9.17, 15) is 0 Å². The van der Waals surface area contributed by atoms with Crippen LogP contribution in [0.15, 0.2) is 16.9 Å². The van der Waals surface area contributed by atoms with Gasteiger partial charge in [0.2, 0.25) is 0 Å². The van der Waals surface area contributed by atoms with Crippen molar-refractivity contribution in [2.75, 3.05) is 0 Å². The van der Waals surface area contributed by atoms with E-state index in [0.717, 1.165) is 0 Å². The van der Waals surface area contributed by atoms with Crippen LogP contribution in [-0.2, 0) is 0 Å². The first-order chi connectivity index (χ1) is 4.95. The summed E-state index contributed by atoms with van der Waals surface area (Å²) in [7, 11) is 0. The minimum absolute atomic E-state index is 1.34. The third-order valence-electron chi connectivity index (χ3n) is 2.31. The molecule has 2 aliphatic rings. The van der Waals surface area contributed by atoms with Gasteiger partial charge in [0, 0.05) is 0 Å². The molecule has 0 bridgehead atoms. The van der Waals surface area contributed by atoms with Gasteiger partial charge in [-0.2, -0.15) is 0 Å². The Morgan fingerprint density at radius 3 is 1.90 bits per heavy atom. The molecular formula is C10H14. The van der Waals surface area contributed by atoms with Gasteiger partial charge in [0.1, 0.15) is 0 Å². The Labute approximate surface area is 62.6 Å². The van der Waals surface area contributed by atoms with Crippen LogP contribution < -0.4 is 0 Å². The van der Waals surface area contributed by atoms with E-state index in [4.69, 9.17) is 0 Å². The fourth-order valence-electron chi connectivity index (χ4n) is 1.54. The van der Waals surface area contributed by atoms with Gasteiger partial charge in [0.05, 0.1) is 0 Å². The van der Waals surface area contributed by atoms with Gasteiger partial charge in [-0.15, -0.1) is 5.73 Å². The van der Waals surface area contributed by atoms with E-state index in [-0.39, 0.29) is 0 Å². The van der Waals surface area contributed by atoms with E-state index in [2.05, 4.69) is 5.73 Å². The van der Waals surface area contributed by atoms with Gasteiger partial charge in [0.25, 0.3) is 0 Å². The van der Waals surface area contributed by atoms with Gasteiger partial charge in [-0.3, -0.25) is 0 Å². The van der Waals surface area contributed by atoms with Gasteiger partial charge in [-0.1, -0.05) is 6.42 Å². The minimum atomic E-state index is 1.34. The van der Waals surface area contributed by atoms with Crippen LogP contribution in [-0.4, -0.2) is 0 Å². The first-order valence-electron chi connectivity index (χ1n) is 4.41. The molecule has 0 aromatic rings. The van der Waals surface area contributed by atoms with E-state index in [1.165, 1.54) is 44.9 Å². The molecule has 0 spiro atoms. The van der Waals surface area contributed by atoms with Crippen molar-refractivity contribution in [2.45, 2.75) is 44.9 Å². The van der Waals surface area contributed by atoms with Crippen molar-refractivity contribution in [2.24, 2.45) is 0 Å². The normalized spacial score (nSPS) is 24.4. The summed E-state index contributed by atoms with van der Waals surface area (Å²) in [5.74, 6) is 0. The largest absolute Gasteiger partial charge is 0.123 e. The third-order valence-corrected chi connectivity index (χ3v) is 2.31. The molecule has 0 heteroatoms. The molecular weight excluding hydrogens is 120 g/mol. The number of hydrogen-bond donors (Lipinski definition) is 0. The summed E-state index contributed by atoms with van der Waals surface area (Å²) < 4.78 is 0. The lowest BCUT2D eigenvalue weighted by Crippen LogP contribution is -1.91. The molecule has 0 N–H and O–H groups in total. The zero-order chi connectivity index (χ0) is 6.81. The lowest BCUT2D eigenvalue weighted by atomic mass is 9.96. The lowest BCUT2D eigenvalue weighted by Gasteiger charge is -2.10. The number of allylic oxidation sites excluding steroid dienone is 1. The van der Waals surface area contributed by atoms with Gasteiger partial charge in [-0.05, 0) is 49.7 Å². The Hall–Kier alpha value is -0.480. The van der Waals surface area contributed by atoms with E-state index in [1.54, 1.807) is 11.1 Å². The van der Waals surface area contributed by atoms with Crippen LogP contribution in [0.1, 0.15) is 44.9 Å². The van der Waals surface area contributed by atoms with Crippen molar-refractivity contribution in [1.82, 2.24) is 0 Å². The van der Waals surface area contributed by atoms with Crippen LogP contribution in [0.4, 0.5) is 0 Å². The Bertz CT molecular complexity index is 178. The van der Waals surface area contributed by atoms with Crippen molar-refractivity contribution in [3.05, 3.63) is 16.9 Å². The summed E-state index contributed by atoms with van der Waals surface area (Å²) in [4.78, 5) is 0. The highest BCUT2D eigenvalue weighted by molar-refractivity contribution is 5.19. The second-order valence-electron chi connectivity index (χ2n) is 3.39. The van der Waals surface area contributed by atoms with Crippen LogP contribution in [0.25, 0.3) is 0 Å². The molecule has 0 radical (unpaired) electrons. The van der Waals surface area contributed by atoms with Crippen molar-refractivity contribution >= 4 is 0 Å². The maximum atomic E-state index is 3.53. The molecule has 2 saturated carbocycles. The second kappa shape index (κ2) is 2.64. The fourth-order valence-corrected chi connectivity index (χ4v) is 1.54. The van der Waals surface area contributed by atoms with Crippen LogP contribution in [0.5, 0.6) is 0 Å². The van der Waals surface area contributed by atoms with E-state index in [0.29, 0.717) is 0 Å². The highest BCUT2D eigenvalue weighted by Crippen LogP contribution is 2.29. The Morgan fingerprint density at radius 2 is 1.30 bits per heavy atom. The molecule has 54 valence electrons. The number of hydrogen-bond acceptors (Lipinski definition) is 0. The fraction of sp³-hybridized carbons (Fsp3) is 0.700. The molecule has 0 saturated heterocycles. The maximum absolute atomic E-state index is 3.53. The summed E-state index contributed by atoms with van der Waals surface area (Å²) in [6.45, 7) is 0. The van der Waals surface area contributed by atoms with E-state index in [1.807, 2.05) is 0 Å². The van der Waals surface area contributed by atoms with Crippen LogP contribution in [0.2, 0.25) is 0 Å². The van der Waals surface area contributed by atoms with Crippen molar-refractivity contribution in [3.63, 3.8) is 0 Å². The van der Waals surface area contributed by atoms with Crippen molar-refractivity contribution in [3.8, 4) is 0 Å². The van der Waals surface area contributed by atoms with E-state index < -0.39 is 0 Å². The van der Waals surface area contributed by atoms with Crippen molar-refractivity contribution < 1.29 is 0 Å². The molecule has 2 fully saturated rings. The summed E-state index contributed by atoms with van der Waals surface area (Å²) in [5, 5.41) is 0. The highest BCUT2D eigenvalue weighted by Gasteiger charge is 2.11. The Balaban J connectivity index is 2.08. The monoisotopic (exact) mass is 134 g/mol. The number of rotatable bonds is 0. The maximum Gasteiger partial charge on any atom is -0.0200 e. The second-order valence-corrected chi connectivity index (χ2v) is 3.39. The minimum Gasteiger partial charge on any atom is -0.123 e. The zero-order valence-corrected chi connectivity index (χ0v) is 6.45. The van der Waals surface area contributed by atoms with Gasteiger partial charge >= 0.3 is 0 Å². The molecule has 0 unspecified atom stereocenters. The van der Waals surface area contributed by atoms with Crippen molar-refractivity contribution in [1.29, 1.82) is 0 Å². The Kier molecular flexibility index (Phi) is 1.65. The topological polar surface area (TPSA) is 0 Å². The summed E-state index contributed by atoms with van der Waals surface area (Å²) in [6.07, 6.45) is 9.62. The zero-order valence-electron chi connectivity index (χ0n) is 6.45. The van der Waals surface area contributed by atoms with Gasteiger partial charge in [-0.25, -0.2) is 0 Å². The lowest BCUT2D eigenvalue weighted by molar-refractivity contribution is 0.600. The van der Waals surface area contributed by atoms with Gasteiger partial charge in [0.15, 0.2) is 0 Å². The predicted molar refractivity (Wildman–Crippen MR) is 42.9 cm³/mol. The average molecular weight is 134 g/mol. The molecule has 2 rings (SSSR count). The first-order valence-corrected chi connectivity index (χ1v) is 4.41. The molecule has 0 aromatic heterocycles. The summed E-state index contributed by atoms with van der Waals surface area (Å²) >= 11 is 0. The molecule has 10 heavy (non-hydrogen) atoms. The average Bonchev–Trinajstić information content (AvgIpc) is 2.74. The molecule has 0 heterocycles. The van der Waals surface area contributed by atoms with Crippen LogP contribution >= 0.6 is 0 Å². The summed E-state index contributed by atoms with van der Waals surface area (Å²) in [5.41, 5.74) is 6.72. The van der Waals surface area contributed by atoms with Gasteiger partial charge < -0.3 is 0 Å². The predicted octanol–water partition coefficient (Wildman–Crippen LogP) is 3.20. The van der Waals surface area contributed by atoms with Crippen LogP contribution in [0, 0.1) is 0 Å². The standard InChI is InChI=1S/C10H14/c1-2-4-9(5-3-1)8-10-6-7-10/h1-7H2. The summed E-state index contributed by atoms with van der Waals surface area (Å²) in [6, 6.07) is 0. The molecule has 0 atom stereocenters. The molecule has 0 amide bonds. The third kappa shape index (κ3) is 1.52. The molecule has 0 aromatic carbocycles. The van der Waals surface area contributed by atoms with Crippen LogP contribution in [0.3, 0.4) is 0 Å². The molecule has 0 aliphatic heterocycles. The quantitative estimate of drug-likeness (QED) is 0.446. The SMILES string of the molecule is C(=C1CCCCC1)=C1CC1. The smallest absolute Gasteiger partial charge is 0.0200 e. The Morgan fingerprint density at radius 1 is 0.700 bits per heavy atom. The van der Waals surface area contributed by atoms with E-state index >= 15 is 0 Å². The first kappa shape index (κ1) is 6.24. The molecule has 2 aliphatic carbocycles. The highest BCUT2D eigenvalue weighted by atomic mass is 14.2.